The fraction of sp³-hybridized carbons (Fsp3) is 0. The number of rotatable bonds is 3. The SMILES string of the molecule is Fc1c[c-]c(-c2nc3ncc4ccccc4c3n2-c2ccccc2)c2oc3ccccc3c12.[Ir].[c-]1ccccc1-c1ccccn1. The van der Waals surface area contributed by atoms with Gasteiger partial charge in [0.1, 0.15) is 5.58 Å². The van der Waals surface area contributed by atoms with Crippen LogP contribution in [0.2, 0.25) is 0 Å². The van der Waals surface area contributed by atoms with Crippen molar-refractivity contribution in [1.82, 2.24) is 19.5 Å². The van der Waals surface area contributed by atoms with Gasteiger partial charge in [-0.05, 0) is 35.3 Å². The van der Waals surface area contributed by atoms with Gasteiger partial charge >= 0.3 is 0 Å². The van der Waals surface area contributed by atoms with E-state index in [2.05, 4.69) is 32.7 Å². The number of imidazole rings is 1. The molecule has 0 aliphatic rings. The zero-order valence-corrected chi connectivity index (χ0v) is 26.6. The largest absolute Gasteiger partial charge is 0.500 e. The number of para-hydroxylation sites is 2. The Morgan fingerprint density at radius 3 is 2.28 bits per heavy atom. The molecule has 46 heavy (non-hydrogen) atoms. The van der Waals surface area contributed by atoms with Crippen LogP contribution in [-0.4, -0.2) is 19.5 Å². The van der Waals surface area contributed by atoms with E-state index in [-0.39, 0.29) is 25.9 Å². The van der Waals surface area contributed by atoms with Crippen LogP contribution in [0.4, 0.5) is 4.39 Å². The summed E-state index contributed by atoms with van der Waals surface area (Å²) in [6.07, 6.45) is 3.62. The molecule has 0 unspecified atom stereocenters. The molecule has 0 bridgehead atoms. The topological polar surface area (TPSA) is 56.7 Å². The van der Waals surface area contributed by atoms with Gasteiger partial charge in [0.15, 0.2) is 5.65 Å². The van der Waals surface area contributed by atoms with Crippen LogP contribution in [0.5, 0.6) is 0 Å². The van der Waals surface area contributed by atoms with Crippen LogP contribution in [-0.2, 0) is 20.1 Å². The summed E-state index contributed by atoms with van der Waals surface area (Å²) in [6.45, 7) is 0. The van der Waals surface area contributed by atoms with Crippen LogP contribution < -0.4 is 0 Å². The molecule has 0 aliphatic carbocycles. The molecule has 9 rings (SSSR count). The Hall–Kier alpha value is -5.49. The smallest absolute Gasteiger partial charge is 0.169 e. The monoisotopic (exact) mass is 775 g/mol. The van der Waals surface area contributed by atoms with Crippen molar-refractivity contribution >= 4 is 43.9 Å². The molecule has 0 saturated carbocycles. The molecule has 0 aliphatic heterocycles. The number of benzene rings is 5. The van der Waals surface area contributed by atoms with E-state index in [0.717, 1.165) is 38.6 Å². The number of pyridine rings is 2. The fourth-order valence-electron chi connectivity index (χ4n) is 5.66. The Labute approximate surface area is 277 Å². The van der Waals surface area contributed by atoms with Crippen molar-refractivity contribution in [3.05, 3.63) is 158 Å². The second-order valence-corrected chi connectivity index (χ2v) is 10.4. The number of nitrogens with zero attached hydrogens (tertiary/aromatic N) is 4. The van der Waals surface area contributed by atoms with Crippen LogP contribution >= 0.6 is 0 Å². The zero-order chi connectivity index (χ0) is 30.2. The summed E-state index contributed by atoms with van der Waals surface area (Å²) in [7, 11) is 0. The molecular weight excluding hydrogens is 752 g/mol. The molecule has 5 aromatic carbocycles. The second kappa shape index (κ2) is 12.5. The van der Waals surface area contributed by atoms with Crippen molar-refractivity contribution < 1.29 is 28.9 Å². The maximum Gasteiger partial charge on any atom is 0.169 e. The number of halogens is 1. The molecule has 0 fully saturated rings. The molecular formula is C39H23FIrN4O-2. The van der Waals surface area contributed by atoms with Gasteiger partial charge in [-0.1, -0.05) is 78.4 Å². The first kappa shape index (κ1) is 29.2. The van der Waals surface area contributed by atoms with Crippen LogP contribution in [0, 0.1) is 17.9 Å². The molecule has 0 atom stereocenters. The molecule has 0 spiro atoms. The Morgan fingerprint density at radius 1 is 0.717 bits per heavy atom. The van der Waals surface area contributed by atoms with Crippen molar-refractivity contribution in [2.45, 2.75) is 0 Å². The minimum Gasteiger partial charge on any atom is -0.500 e. The maximum absolute atomic E-state index is 15.0. The van der Waals surface area contributed by atoms with Crippen LogP contribution in [0.1, 0.15) is 0 Å². The third-order valence-corrected chi connectivity index (χ3v) is 7.69. The summed E-state index contributed by atoms with van der Waals surface area (Å²) in [5.74, 6) is 0.230. The van der Waals surface area contributed by atoms with E-state index in [0.29, 0.717) is 33.6 Å². The number of fused-ring (bicyclic) bond motifs is 6. The van der Waals surface area contributed by atoms with E-state index in [1.165, 1.54) is 6.07 Å². The molecule has 5 nitrogen and oxygen atoms in total. The summed E-state index contributed by atoms with van der Waals surface area (Å²) >= 11 is 0. The normalized spacial score (nSPS) is 11.0. The number of aromatic nitrogens is 4. The number of hydrogen-bond acceptors (Lipinski definition) is 4. The minimum atomic E-state index is -0.371. The van der Waals surface area contributed by atoms with Gasteiger partial charge in [-0.2, -0.15) is 0 Å². The van der Waals surface area contributed by atoms with Crippen LogP contribution in [0.3, 0.4) is 0 Å². The third-order valence-electron chi connectivity index (χ3n) is 7.69. The number of furan rings is 1. The van der Waals surface area contributed by atoms with E-state index >= 15 is 0 Å². The first-order chi connectivity index (χ1) is 22.3. The predicted octanol–water partition coefficient (Wildman–Crippen LogP) is 9.63. The summed E-state index contributed by atoms with van der Waals surface area (Å²) in [4.78, 5) is 13.7. The minimum absolute atomic E-state index is 0. The van der Waals surface area contributed by atoms with E-state index in [4.69, 9.17) is 9.40 Å². The Morgan fingerprint density at radius 2 is 1.48 bits per heavy atom. The number of hydrogen-bond donors (Lipinski definition) is 0. The van der Waals surface area contributed by atoms with Gasteiger partial charge in [-0.15, -0.1) is 48.0 Å². The van der Waals surface area contributed by atoms with E-state index in [1.807, 2.05) is 121 Å². The molecule has 7 heteroatoms. The van der Waals surface area contributed by atoms with Crippen LogP contribution in [0.25, 0.3) is 72.2 Å². The van der Waals surface area contributed by atoms with E-state index < -0.39 is 0 Å². The molecule has 0 N–H and O–H groups in total. The Bertz CT molecular complexity index is 2410. The average molecular weight is 775 g/mol. The van der Waals surface area contributed by atoms with Gasteiger partial charge in [0.2, 0.25) is 0 Å². The third kappa shape index (κ3) is 5.16. The molecule has 1 radical (unpaired) electrons. The first-order valence-electron chi connectivity index (χ1n) is 14.5. The Kier molecular flexibility index (Phi) is 7.93. The molecule has 0 saturated heterocycles. The van der Waals surface area contributed by atoms with Crippen molar-refractivity contribution in [2.75, 3.05) is 0 Å². The molecule has 4 aromatic heterocycles. The summed E-state index contributed by atoms with van der Waals surface area (Å²) < 4.78 is 23.2. The van der Waals surface area contributed by atoms with Gasteiger partial charge in [-0.3, -0.25) is 9.37 Å². The van der Waals surface area contributed by atoms with Crippen molar-refractivity contribution in [1.29, 1.82) is 0 Å². The van der Waals surface area contributed by atoms with Gasteiger partial charge in [0, 0.05) is 60.2 Å². The van der Waals surface area contributed by atoms with Gasteiger partial charge in [-0.25, -0.2) is 4.98 Å². The van der Waals surface area contributed by atoms with Crippen LogP contribution in [0.15, 0.2) is 144 Å². The van der Waals surface area contributed by atoms with E-state index in [1.54, 1.807) is 6.20 Å². The van der Waals surface area contributed by atoms with Crippen molar-refractivity contribution in [3.8, 4) is 28.3 Å². The van der Waals surface area contributed by atoms with Gasteiger partial charge in [0.25, 0.3) is 0 Å². The quantitative estimate of drug-likeness (QED) is 0.168. The molecule has 223 valence electrons. The first-order valence-corrected chi connectivity index (χ1v) is 14.5. The summed E-state index contributed by atoms with van der Waals surface area (Å²) in [6, 6.07) is 46.8. The second-order valence-electron chi connectivity index (χ2n) is 10.4. The van der Waals surface area contributed by atoms with Gasteiger partial charge < -0.3 is 14.0 Å². The standard InChI is InChI=1S/C28H15FN3O.C11H8N.Ir/c29-22-15-14-21(26-24(22)20-12-6-7-13-23(20)33-26)28-31-27-25(32(28)18-9-2-1-3-10-18)19-11-5-4-8-17(19)16-30-27;1-2-6-10(7-3-1)11-8-4-5-9-12-11;/h1-13,15-16H;1-6,8-9H;/q2*-1;. The van der Waals surface area contributed by atoms with Gasteiger partial charge in [0.05, 0.1) is 16.9 Å². The average Bonchev–Trinajstić information content (AvgIpc) is 3.70. The molecule has 0 amide bonds. The maximum atomic E-state index is 15.0. The fourth-order valence-corrected chi connectivity index (χ4v) is 5.66. The molecule has 4 heterocycles. The van der Waals surface area contributed by atoms with Crippen molar-refractivity contribution in [2.24, 2.45) is 0 Å². The summed E-state index contributed by atoms with van der Waals surface area (Å²) in [5, 5.41) is 3.22. The predicted molar refractivity (Wildman–Crippen MR) is 176 cm³/mol. The summed E-state index contributed by atoms with van der Waals surface area (Å²) in [5.41, 5.74) is 6.07. The zero-order valence-electron chi connectivity index (χ0n) is 24.2. The van der Waals surface area contributed by atoms with Crippen molar-refractivity contribution in [3.63, 3.8) is 0 Å². The van der Waals surface area contributed by atoms with E-state index in [9.17, 15) is 4.39 Å². The molecule has 9 aromatic rings. The Balaban J connectivity index is 0.000000220.